The number of nitrogens with one attached hydrogen (secondary N) is 1. The Morgan fingerprint density at radius 2 is 2.20 bits per heavy atom. The van der Waals surface area contributed by atoms with Crippen LogP contribution in [0.4, 0.5) is 19.0 Å². The first-order chi connectivity index (χ1) is 9.05. The molecule has 3 rings (SSSR count). The van der Waals surface area contributed by atoms with Crippen molar-refractivity contribution in [2.45, 2.75) is 18.6 Å². The van der Waals surface area contributed by atoms with Crippen LogP contribution in [0, 0.1) is 0 Å². The fourth-order valence-electron chi connectivity index (χ4n) is 2.52. The normalized spacial score (nSPS) is 21.9. The Hall–Kier alpha value is -1.21. The van der Waals surface area contributed by atoms with Crippen LogP contribution >= 0.6 is 12.4 Å². The maximum atomic E-state index is 12.7. The summed E-state index contributed by atoms with van der Waals surface area (Å²) in [5.41, 5.74) is -0.764. The number of ether oxygens (including phenoxy) is 1. The number of nitrogens with zero attached hydrogens (tertiary/aromatic N) is 2. The predicted octanol–water partition coefficient (Wildman–Crippen LogP) is 2.08. The molecule has 112 valence electrons. The maximum Gasteiger partial charge on any atom is 0.418 e. The van der Waals surface area contributed by atoms with Crippen LogP contribution in [0.25, 0.3) is 0 Å². The van der Waals surface area contributed by atoms with Crippen LogP contribution in [-0.2, 0) is 6.18 Å². The van der Waals surface area contributed by atoms with Gasteiger partial charge in [0.05, 0.1) is 12.2 Å². The minimum Gasteiger partial charge on any atom is -0.490 e. The van der Waals surface area contributed by atoms with E-state index >= 15 is 0 Å². The van der Waals surface area contributed by atoms with Gasteiger partial charge in [-0.2, -0.15) is 13.2 Å². The molecule has 3 heterocycles. The van der Waals surface area contributed by atoms with Crippen LogP contribution in [-0.4, -0.2) is 37.3 Å². The number of rotatable bonds is 0. The number of hydrogen-bond acceptors (Lipinski definition) is 4. The lowest BCUT2D eigenvalue weighted by Gasteiger charge is -2.35. The van der Waals surface area contributed by atoms with Crippen LogP contribution in [0.1, 0.15) is 12.0 Å². The summed E-state index contributed by atoms with van der Waals surface area (Å²) >= 11 is 0. The molecule has 1 saturated heterocycles. The van der Waals surface area contributed by atoms with Crippen LogP contribution in [0.3, 0.4) is 0 Å². The van der Waals surface area contributed by atoms with Gasteiger partial charge in [-0.05, 0) is 6.07 Å². The Morgan fingerprint density at radius 3 is 2.95 bits per heavy atom. The highest BCUT2D eigenvalue weighted by molar-refractivity contribution is 5.85. The number of aromatic nitrogens is 1. The first-order valence-electron chi connectivity index (χ1n) is 6.23. The van der Waals surface area contributed by atoms with Gasteiger partial charge < -0.3 is 15.0 Å². The molecule has 2 aliphatic rings. The molecule has 1 N–H and O–H groups in total. The average molecular weight is 310 g/mol. The largest absolute Gasteiger partial charge is 0.490 e. The number of pyridine rings is 1. The predicted molar refractivity (Wildman–Crippen MR) is 70.6 cm³/mol. The molecular weight excluding hydrogens is 295 g/mol. The number of hydrogen-bond donors (Lipinski definition) is 1. The molecule has 0 saturated carbocycles. The van der Waals surface area contributed by atoms with Crippen LogP contribution in [0.15, 0.2) is 12.3 Å². The van der Waals surface area contributed by atoms with Crippen molar-refractivity contribution in [1.82, 2.24) is 10.3 Å². The number of piperazine rings is 1. The lowest BCUT2D eigenvalue weighted by Crippen LogP contribution is -2.51. The monoisotopic (exact) mass is 309 g/mol. The molecule has 0 radical (unpaired) electrons. The van der Waals surface area contributed by atoms with E-state index in [1.165, 1.54) is 0 Å². The second kappa shape index (κ2) is 5.65. The Bertz CT molecular complexity index is 484. The summed E-state index contributed by atoms with van der Waals surface area (Å²) < 4.78 is 43.5. The lowest BCUT2D eigenvalue weighted by atomic mass is 10.1. The molecule has 1 fully saturated rings. The van der Waals surface area contributed by atoms with E-state index in [2.05, 4.69) is 10.3 Å². The van der Waals surface area contributed by atoms with Gasteiger partial charge in [0.2, 0.25) is 0 Å². The number of anilines is 1. The van der Waals surface area contributed by atoms with Crippen molar-refractivity contribution >= 4 is 18.2 Å². The highest BCUT2D eigenvalue weighted by Gasteiger charge is 2.34. The quantitative estimate of drug-likeness (QED) is 0.796. The molecule has 20 heavy (non-hydrogen) atoms. The minimum atomic E-state index is -4.39. The van der Waals surface area contributed by atoms with Gasteiger partial charge in [0.25, 0.3) is 0 Å². The lowest BCUT2D eigenvalue weighted by molar-refractivity contribution is -0.137. The van der Waals surface area contributed by atoms with E-state index in [-0.39, 0.29) is 24.2 Å². The number of alkyl halides is 3. The Labute approximate surface area is 120 Å². The minimum absolute atomic E-state index is 0. The maximum absolute atomic E-state index is 12.7. The number of fused-ring (bicyclic) bond motifs is 3. The SMILES string of the molecule is Cl.FC(F)(F)c1cnc2c(c1)OCC[C@H]1CNCCN21. The molecule has 0 unspecified atom stereocenters. The molecule has 0 amide bonds. The molecule has 1 aromatic heterocycles. The molecule has 2 aliphatic heterocycles. The van der Waals surface area contributed by atoms with Gasteiger partial charge in [-0.3, -0.25) is 0 Å². The van der Waals surface area contributed by atoms with Crippen molar-refractivity contribution in [1.29, 1.82) is 0 Å². The first-order valence-corrected chi connectivity index (χ1v) is 6.23. The highest BCUT2D eigenvalue weighted by Crippen LogP contribution is 2.37. The van der Waals surface area contributed by atoms with E-state index in [0.29, 0.717) is 12.4 Å². The van der Waals surface area contributed by atoms with Gasteiger partial charge in [-0.15, -0.1) is 12.4 Å². The molecule has 0 bridgehead atoms. The molecule has 8 heteroatoms. The second-order valence-electron chi connectivity index (χ2n) is 4.73. The summed E-state index contributed by atoms with van der Waals surface area (Å²) in [6.45, 7) is 2.77. The van der Waals surface area contributed by atoms with Crippen LogP contribution in [0.2, 0.25) is 0 Å². The first kappa shape index (κ1) is 15.2. The van der Waals surface area contributed by atoms with Crippen LogP contribution in [0.5, 0.6) is 5.75 Å². The molecule has 4 nitrogen and oxygen atoms in total. The van der Waals surface area contributed by atoms with Crippen LogP contribution < -0.4 is 15.0 Å². The molecule has 0 spiro atoms. The van der Waals surface area contributed by atoms with Gasteiger partial charge in [0.15, 0.2) is 11.6 Å². The molecular formula is C12H15ClF3N3O. The molecule has 0 aliphatic carbocycles. The highest BCUT2D eigenvalue weighted by atomic mass is 35.5. The van der Waals surface area contributed by atoms with E-state index in [1.54, 1.807) is 0 Å². The zero-order chi connectivity index (χ0) is 13.5. The summed E-state index contributed by atoms with van der Waals surface area (Å²) in [5, 5.41) is 3.27. The van der Waals surface area contributed by atoms with Crippen molar-refractivity contribution in [2.75, 3.05) is 31.1 Å². The summed E-state index contributed by atoms with van der Waals surface area (Å²) in [5.74, 6) is 0.760. The second-order valence-corrected chi connectivity index (χ2v) is 4.73. The Morgan fingerprint density at radius 1 is 1.40 bits per heavy atom. The van der Waals surface area contributed by atoms with Gasteiger partial charge >= 0.3 is 6.18 Å². The average Bonchev–Trinajstić information content (AvgIpc) is 2.56. The fraction of sp³-hybridized carbons (Fsp3) is 0.583. The fourth-order valence-corrected chi connectivity index (χ4v) is 2.52. The summed E-state index contributed by atoms with van der Waals surface area (Å²) in [7, 11) is 0. The van der Waals surface area contributed by atoms with E-state index in [9.17, 15) is 13.2 Å². The zero-order valence-corrected chi connectivity index (χ0v) is 11.4. The van der Waals surface area contributed by atoms with Crippen molar-refractivity contribution in [2.24, 2.45) is 0 Å². The van der Waals surface area contributed by atoms with Gasteiger partial charge in [-0.25, -0.2) is 4.98 Å². The number of halogens is 4. The Balaban J connectivity index is 0.00000147. The molecule has 1 atom stereocenters. The van der Waals surface area contributed by atoms with Crippen molar-refractivity contribution in [3.8, 4) is 5.75 Å². The van der Waals surface area contributed by atoms with Crippen molar-refractivity contribution in [3.63, 3.8) is 0 Å². The zero-order valence-electron chi connectivity index (χ0n) is 10.6. The summed E-state index contributed by atoms with van der Waals surface area (Å²) in [6, 6.07) is 1.28. The van der Waals surface area contributed by atoms with E-state index < -0.39 is 11.7 Å². The standard InChI is InChI=1S/C12H14F3N3O.ClH/c13-12(14,15)8-5-10-11(17-6-8)18-3-2-16-7-9(18)1-4-19-10;/h5-6,9,16H,1-4,7H2;1H/t9-;/m0./s1. The van der Waals surface area contributed by atoms with Gasteiger partial charge in [0.1, 0.15) is 0 Å². The van der Waals surface area contributed by atoms with E-state index in [1.807, 2.05) is 4.90 Å². The Kier molecular flexibility index (Phi) is 4.29. The van der Waals surface area contributed by atoms with Crippen molar-refractivity contribution < 1.29 is 17.9 Å². The summed E-state index contributed by atoms with van der Waals surface area (Å²) in [6.07, 6.45) is -2.72. The smallest absolute Gasteiger partial charge is 0.418 e. The topological polar surface area (TPSA) is 37.4 Å². The van der Waals surface area contributed by atoms with Crippen molar-refractivity contribution in [3.05, 3.63) is 17.8 Å². The summed E-state index contributed by atoms with van der Waals surface area (Å²) in [4.78, 5) is 6.02. The van der Waals surface area contributed by atoms with E-state index in [0.717, 1.165) is 38.3 Å². The third-order valence-electron chi connectivity index (χ3n) is 3.49. The van der Waals surface area contributed by atoms with E-state index in [4.69, 9.17) is 4.74 Å². The van der Waals surface area contributed by atoms with Gasteiger partial charge in [0, 0.05) is 38.3 Å². The molecule has 1 aromatic rings. The third kappa shape index (κ3) is 2.78. The molecule has 0 aromatic carbocycles. The third-order valence-corrected chi connectivity index (χ3v) is 3.49. The van der Waals surface area contributed by atoms with Gasteiger partial charge in [-0.1, -0.05) is 0 Å².